The fourth-order valence-corrected chi connectivity index (χ4v) is 2.82. The Morgan fingerprint density at radius 2 is 1.86 bits per heavy atom. The monoisotopic (exact) mass is 303 g/mol. The predicted octanol–water partition coefficient (Wildman–Crippen LogP) is 3.19. The van der Waals surface area contributed by atoms with Gasteiger partial charge in [0.05, 0.1) is 0 Å². The Kier molecular flexibility index (Phi) is 5.51. The fraction of sp³-hybridized carbons (Fsp3) is 0.250. The van der Waals surface area contributed by atoms with Crippen molar-refractivity contribution in [3.05, 3.63) is 52.7 Å². The van der Waals surface area contributed by atoms with Gasteiger partial charge in [-0.15, -0.1) is 11.3 Å². The van der Waals surface area contributed by atoms with Gasteiger partial charge in [0.15, 0.2) is 0 Å². The Morgan fingerprint density at radius 3 is 2.48 bits per heavy atom. The number of benzene rings is 1. The lowest BCUT2D eigenvalue weighted by Gasteiger charge is -2.20. The standard InChI is InChI=1S/C16H17NO3S/c18-15(10-4-8-14-9-5-11-21-14)17(12-16(19)20)13-6-2-1-3-7-13/h1-3,5-7,9,11H,4,8,10,12H2,(H,19,20). The van der Waals surface area contributed by atoms with Gasteiger partial charge >= 0.3 is 5.97 Å². The van der Waals surface area contributed by atoms with E-state index in [-0.39, 0.29) is 12.5 Å². The molecule has 0 saturated heterocycles. The van der Waals surface area contributed by atoms with Crippen LogP contribution in [0.1, 0.15) is 17.7 Å². The molecule has 1 aromatic heterocycles. The number of hydrogen-bond acceptors (Lipinski definition) is 3. The number of para-hydroxylation sites is 1. The van der Waals surface area contributed by atoms with Crippen LogP contribution in [0, 0.1) is 0 Å². The van der Waals surface area contributed by atoms with Crippen molar-refractivity contribution in [1.82, 2.24) is 0 Å². The molecule has 21 heavy (non-hydrogen) atoms. The molecule has 2 rings (SSSR count). The highest BCUT2D eigenvalue weighted by Crippen LogP contribution is 2.17. The van der Waals surface area contributed by atoms with Crippen LogP contribution < -0.4 is 4.90 Å². The summed E-state index contributed by atoms with van der Waals surface area (Å²) < 4.78 is 0. The number of rotatable bonds is 7. The Bertz CT molecular complexity index is 581. The molecule has 0 unspecified atom stereocenters. The third-order valence-corrected chi connectivity index (χ3v) is 3.99. The molecular formula is C16H17NO3S. The average molecular weight is 303 g/mol. The molecule has 5 heteroatoms. The zero-order chi connectivity index (χ0) is 15.1. The number of carbonyl (C=O) groups is 2. The number of aliphatic carboxylic acids is 1. The van der Waals surface area contributed by atoms with E-state index >= 15 is 0 Å². The van der Waals surface area contributed by atoms with Crippen LogP contribution in [-0.4, -0.2) is 23.5 Å². The van der Waals surface area contributed by atoms with E-state index in [4.69, 9.17) is 5.11 Å². The zero-order valence-corrected chi connectivity index (χ0v) is 12.4. The summed E-state index contributed by atoms with van der Waals surface area (Å²) in [4.78, 5) is 25.8. The lowest BCUT2D eigenvalue weighted by Crippen LogP contribution is -2.35. The molecule has 2 aromatic rings. The number of anilines is 1. The lowest BCUT2D eigenvalue weighted by molar-refractivity contribution is -0.136. The highest BCUT2D eigenvalue weighted by molar-refractivity contribution is 7.09. The van der Waals surface area contributed by atoms with Gasteiger partial charge < -0.3 is 10.0 Å². The van der Waals surface area contributed by atoms with Crippen LogP contribution in [0.2, 0.25) is 0 Å². The summed E-state index contributed by atoms with van der Waals surface area (Å²) in [6, 6.07) is 13.0. The smallest absolute Gasteiger partial charge is 0.323 e. The first-order valence-corrected chi connectivity index (χ1v) is 7.64. The van der Waals surface area contributed by atoms with Crippen molar-refractivity contribution in [2.24, 2.45) is 0 Å². The van der Waals surface area contributed by atoms with Crippen LogP contribution in [0.15, 0.2) is 47.8 Å². The molecule has 110 valence electrons. The summed E-state index contributed by atoms with van der Waals surface area (Å²) in [6.45, 7) is -0.304. The van der Waals surface area contributed by atoms with Gasteiger partial charge in [0, 0.05) is 17.0 Å². The predicted molar refractivity (Wildman–Crippen MR) is 83.7 cm³/mol. The van der Waals surface area contributed by atoms with Gasteiger partial charge in [0.2, 0.25) is 5.91 Å². The van der Waals surface area contributed by atoms with Crippen LogP contribution in [0.5, 0.6) is 0 Å². The number of hydrogen-bond donors (Lipinski definition) is 1. The molecule has 1 N–H and O–H groups in total. The van der Waals surface area contributed by atoms with E-state index in [1.54, 1.807) is 35.6 Å². The maximum Gasteiger partial charge on any atom is 0.323 e. The molecule has 0 fully saturated rings. The van der Waals surface area contributed by atoms with Crippen LogP contribution in [0.25, 0.3) is 0 Å². The minimum absolute atomic E-state index is 0.153. The van der Waals surface area contributed by atoms with Crippen LogP contribution in [0.4, 0.5) is 5.69 Å². The normalized spacial score (nSPS) is 10.3. The maximum atomic E-state index is 12.3. The molecule has 4 nitrogen and oxygen atoms in total. The molecule has 0 aliphatic carbocycles. The van der Waals surface area contributed by atoms with Crippen molar-refractivity contribution in [3.63, 3.8) is 0 Å². The number of nitrogens with zero attached hydrogens (tertiary/aromatic N) is 1. The molecule has 1 heterocycles. The number of thiophene rings is 1. The maximum absolute atomic E-state index is 12.3. The van der Waals surface area contributed by atoms with Gasteiger partial charge in [-0.1, -0.05) is 24.3 Å². The molecule has 0 atom stereocenters. The van der Waals surface area contributed by atoms with Crippen molar-refractivity contribution in [3.8, 4) is 0 Å². The number of carbonyl (C=O) groups excluding carboxylic acids is 1. The van der Waals surface area contributed by atoms with Crippen LogP contribution >= 0.6 is 11.3 Å². The largest absolute Gasteiger partial charge is 0.480 e. The second-order valence-electron chi connectivity index (χ2n) is 4.64. The first-order valence-electron chi connectivity index (χ1n) is 6.76. The highest BCUT2D eigenvalue weighted by Gasteiger charge is 2.18. The van der Waals surface area contributed by atoms with Gasteiger partial charge in [0.1, 0.15) is 6.54 Å². The molecule has 0 saturated carbocycles. The quantitative estimate of drug-likeness (QED) is 0.854. The molecule has 0 aliphatic heterocycles. The Morgan fingerprint density at radius 1 is 1.10 bits per heavy atom. The molecule has 0 spiro atoms. The first kappa shape index (κ1) is 15.3. The Balaban J connectivity index is 1.96. The minimum Gasteiger partial charge on any atom is -0.480 e. The summed E-state index contributed by atoms with van der Waals surface area (Å²) in [5, 5.41) is 11.0. The minimum atomic E-state index is -1.01. The van der Waals surface area contributed by atoms with E-state index in [0.29, 0.717) is 12.1 Å². The van der Waals surface area contributed by atoms with Crippen molar-refractivity contribution in [2.45, 2.75) is 19.3 Å². The Labute approximate surface area is 127 Å². The second kappa shape index (κ2) is 7.59. The summed E-state index contributed by atoms with van der Waals surface area (Å²) >= 11 is 1.67. The third-order valence-electron chi connectivity index (χ3n) is 3.06. The number of amides is 1. The van der Waals surface area contributed by atoms with Gasteiger partial charge in [0.25, 0.3) is 0 Å². The van der Waals surface area contributed by atoms with E-state index in [0.717, 1.165) is 12.8 Å². The first-order chi connectivity index (χ1) is 10.2. The zero-order valence-electron chi connectivity index (χ0n) is 11.6. The van der Waals surface area contributed by atoms with E-state index in [1.807, 2.05) is 23.6 Å². The SMILES string of the molecule is O=C(O)CN(C(=O)CCCc1cccs1)c1ccccc1. The number of carboxylic acids is 1. The van der Waals surface area contributed by atoms with Gasteiger partial charge in [-0.25, -0.2) is 0 Å². The molecule has 0 aliphatic rings. The Hall–Kier alpha value is -2.14. The van der Waals surface area contributed by atoms with Crippen LogP contribution in [-0.2, 0) is 16.0 Å². The lowest BCUT2D eigenvalue weighted by atomic mass is 10.2. The summed E-state index contributed by atoms with van der Waals surface area (Å²) in [7, 11) is 0. The van der Waals surface area contributed by atoms with Crippen molar-refractivity contribution in [1.29, 1.82) is 0 Å². The van der Waals surface area contributed by atoms with E-state index in [2.05, 4.69) is 0 Å². The van der Waals surface area contributed by atoms with E-state index < -0.39 is 5.97 Å². The molecule has 0 bridgehead atoms. The van der Waals surface area contributed by atoms with Crippen molar-refractivity contribution >= 4 is 28.9 Å². The third kappa shape index (κ3) is 4.72. The number of aryl methyl sites for hydroxylation is 1. The average Bonchev–Trinajstić information content (AvgIpc) is 2.98. The topological polar surface area (TPSA) is 57.6 Å². The summed E-state index contributed by atoms with van der Waals surface area (Å²) in [5.41, 5.74) is 0.626. The van der Waals surface area contributed by atoms with Gasteiger partial charge in [-0.05, 0) is 36.4 Å². The van der Waals surface area contributed by atoms with Gasteiger partial charge in [-0.2, -0.15) is 0 Å². The fourth-order valence-electron chi connectivity index (χ4n) is 2.07. The molecule has 1 amide bonds. The van der Waals surface area contributed by atoms with Crippen molar-refractivity contribution < 1.29 is 14.7 Å². The van der Waals surface area contributed by atoms with Crippen molar-refractivity contribution in [2.75, 3.05) is 11.4 Å². The number of carboxylic acid groups (broad SMARTS) is 1. The molecule has 1 aromatic carbocycles. The molecular weight excluding hydrogens is 286 g/mol. The summed E-state index contributed by atoms with van der Waals surface area (Å²) in [6.07, 6.45) is 1.92. The molecule has 0 radical (unpaired) electrons. The summed E-state index contributed by atoms with van der Waals surface area (Å²) in [5.74, 6) is -1.16. The van der Waals surface area contributed by atoms with Gasteiger partial charge in [-0.3, -0.25) is 9.59 Å². The van der Waals surface area contributed by atoms with E-state index in [9.17, 15) is 9.59 Å². The second-order valence-corrected chi connectivity index (χ2v) is 5.67. The van der Waals surface area contributed by atoms with E-state index in [1.165, 1.54) is 9.78 Å². The van der Waals surface area contributed by atoms with Crippen LogP contribution in [0.3, 0.4) is 0 Å². The highest BCUT2D eigenvalue weighted by atomic mass is 32.1.